The van der Waals surface area contributed by atoms with Crippen LogP contribution in [-0.4, -0.2) is 70.6 Å². The highest BCUT2D eigenvalue weighted by Gasteiger charge is 2.45. The predicted octanol–water partition coefficient (Wildman–Crippen LogP) is 0.946. The number of carbonyl (C=O) groups is 1. The van der Waals surface area contributed by atoms with Gasteiger partial charge in [-0.15, -0.1) is 0 Å². The van der Waals surface area contributed by atoms with Gasteiger partial charge in [-0.05, 0) is 0 Å². The molecule has 6 nitrogen and oxygen atoms in total. The van der Waals surface area contributed by atoms with Gasteiger partial charge in [-0.1, -0.05) is 0 Å². The second-order valence-corrected chi connectivity index (χ2v) is 3.72. The van der Waals surface area contributed by atoms with E-state index in [2.05, 4.69) is 4.74 Å². The van der Waals surface area contributed by atoms with Crippen molar-refractivity contribution in [2.45, 2.75) is 6.18 Å². The Labute approximate surface area is 114 Å². The number of ether oxygens (including phenoxy) is 4. The molecule has 0 aliphatic heterocycles. The molecule has 0 aromatic rings. The van der Waals surface area contributed by atoms with Gasteiger partial charge >= 0.3 is 12.1 Å². The van der Waals surface area contributed by atoms with E-state index < -0.39 is 24.7 Å². The topological polar surface area (TPSA) is 74.2 Å². The SMILES string of the molecule is COCCOCCOCCOCC(C(=O)O)C(F)(F)F. The van der Waals surface area contributed by atoms with E-state index in [1.54, 1.807) is 7.11 Å². The molecule has 0 bridgehead atoms. The first kappa shape index (κ1) is 19.1. The molecule has 0 spiro atoms. The fourth-order valence-electron chi connectivity index (χ4n) is 1.09. The van der Waals surface area contributed by atoms with Crippen LogP contribution < -0.4 is 0 Å². The Morgan fingerprint density at radius 2 is 1.45 bits per heavy atom. The Bertz CT molecular complexity index is 259. The van der Waals surface area contributed by atoms with Gasteiger partial charge in [0.15, 0.2) is 5.92 Å². The second-order valence-electron chi connectivity index (χ2n) is 3.72. The molecular weight excluding hydrogens is 285 g/mol. The molecule has 9 heteroatoms. The highest BCUT2D eigenvalue weighted by Crippen LogP contribution is 2.26. The van der Waals surface area contributed by atoms with E-state index in [9.17, 15) is 18.0 Å². The zero-order valence-corrected chi connectivity index (χ0v) is 11.1. The normalized spacial score (nSPS) is 13.4. The van der Waals surface area contributed by atoms with E-state index in [-0.39, 0.29) is 19.8 Å². The zero-order valence-electron chi connectivity index (χ0n) is 11.1. The van der Waals surface area contributed by atoms with Crippen LogP contribution in [0.15, 0.2) is 0 Å². The van der Waals surface area contributed by atoms with E-state index >= 15 is 0 Å². The predicted molar refractivity (Wildman–Crippen MR) is 61.5 cm³/mol. The molecule has 0 saturated heterocycles. The number of hydrogen-bond acceptors (Lipinski definition) is 5. The lowest BCUT2D eigenvalue weighted by Crippen LogP contribution is -2.34. The Balaban J connectivity index is 3.49. The first-order chi connectivity index (χ1) is 9.39. The summed E-state index contributed by atoms with van der Waals surface area (Å²) in [6.07, 6.45) is -4.82. The fraction of sp³-hybridized carbons (Fsp3) is 0.909. The molecule has 20 heavy (non-hydrogen) atoms. The lowest BCUT2D eigenvalue weighted by molar-refractivity contribution is -0.203. The van der Waals surface area contributed by atoms with Gasteiger partial charge in [0.2, 0.25) is 0 Å². The number of aliphatic carboxylic acids is 1. The minimum absolute atomic E-state index is 0.0673. The van der Waals surface area contributed by atoms with Crippen molar-refractivity contribution < 1.29 is 42.0 Å². The Morgan fingerprint density at radius 3 is 1.85 bits per heavy atom. The number of rotatable bonds is 12. The molecule has 0 radical (unpaired) electrons. The number of carboxylic acid groups (broad SMARTS) is 1. The highest BCUT2D eigenvalue weighted by atomic mass is 19.4. The summed E-state index contributed by atoms with van der Waals surface area (Å²) < 4.78 is 56.2. The summed E-state index contributed by atoms with van der Waals surface area (Å²) in [5.41, 5.74) is 0. The number of methoxy groups -OCH3 is 1. The second kappa shape index (κ2) is 10.8. The zero-order chi connectivity index (χ0) is 15.4. The first-order valence-electron chi connectivity index (χ1n) is 5.91. The standard InChI is InChI=1S/C11H19F3O6/c1-17-2-3-18-4-5-19-6-7-20-8-9(10(15)16)11(12,13)14/h9H,2-8H2,1H3,(H,15,16). The van der Waals surface area contributed by atoms with Crippen molar-refractivity contribution in [1.29, 1.82) is 0 Å². The molecule has 0 aliphatic carbocycles. The van der Waals surface area contributed by atoms with E-state index in [1.807, 2.05) is 0 Å². The summed E-state index contributed by atoms with van der Waals surface area (Å²) in [5, 5.41) is 8.39. The number of halogens is 3. The molecular formula is C11H19F3O6. The monoisotopic (exact) mass is 304 g/mol. The molecule has 0 saturated carbocycles. The van der Waals surface area contributed by atoms with Crippen LogP contribution in [0.3, 0.4) is 0 Å². The Kier molecular flexibility index (Phi) is 10.3. The van der Waals surface area contributed by atoms with Crippen molar-refractivity contribution in [2.75, 3.05) is 53.4 Å². The minimum Gasteiger partial charge on any atom is -0.481 e. The van der Waals surface area contributed by atoms with Crippen LogP contribution in [0.5, 0.6) is 0 Å². The summed E-state index contributed by atoms with van der Waals surface area (Å²) in [7, 11) is 1.54. The van der Waals surface area contributed by atoms with Crippen molar-refractivity contribution in [1.82, 2.24) is 0 Å². The summed E-state index contributed by atoms with van der Waals surface area (Å²) >= 11 is 0. The van der Waals surface area contributed by atoms with Crippen LogP contribution in [0.1, 0.15) is 0 Å². The van der Waals surface area contributed by atoms with Gasteiger partial charge < -0.3 is 24.1 Å². The van der Waals surface area contributed by atoms with Crippen molar-refractivity contribution in [3.05, 3.63) is 0 Å². The van der Waals surface area contributed by atoms with Crippen LogP contribution in [0, 0.1) is 5.92 Å². The molecule has 0 aromatic carbocycles. The van der Waals surface area contributed by atoms with Crippen LogP contribution >= 0.6 is 0 Å². The van der Waals surface area contributed by atoms with Gasteiger partial charge in [0.25, 0.3) is 0 Å². The van der Waals surface area contributed by atoms with Crippen LogP contribution in [-0.2, 0) is 23.7 Å². The molecule has 1 N–H and O–H groups in total. The average Bonchev–Trinajstić information content (AvgIpc) is 2.34. The van der Waals surface area contributed by atoms with Crippen LogP contribution in [0.4, 0.5) is 13.2 Å². The van der Waals surface area contributed by atoms with Gasteiger partial charge in [0, 0.05) is 7.11 Å². The molecule has 0 heterocycles. The Hall–Kier alpha value is -0.900. The third-order valence-electron chi connectivity index (χ3n) is 2.15. The molecule has 0 aromatic heterocycles. The van der Waals surface area contributed by atoms with Gasteiger partial charge in [-0.3, -0.25) is 4.79 Å². The summed E-state index contributed by atoms with van der Waals surface area (Å²) in [5.74, 6) is -4.47. The molecule has 0 rings (SSSR count). The number of hydrogen-bond donors (Lipinski definition) is 1. The minimum atomic E-state index is -4.82. The van der Waals surface area contributed by atoms with E-state index in [4.69, 9.17) is 19.3 Å². The quantitative estimate of drug-likeness (QED) is 0.541. The lowest BCUT2D eigenvalue weighted by Gasteiger charge is -2.16. The third kappa shape index (κ3) is 9.96. The van der Waals surface area contributed by atoms with Crippen LogP contribution in [0.25, 0.3) is 0 Å². The van der Waals surface area contributed by atoms with Crippen molar-refractivity contribution in [3.8, 4) is 0 Å². The number of alkyl halides is 3. The first-order valence-corrected chi connectivity index (χ1v) is 5.91. The van der Waals surface area contributed by atoms with E-state index in [0.717, 1.165) is 0 Å². The van der Waals surface area contributed by atoms with Crippen molar-refractivity contribution >= 4 is 5.97 Å². The molecule has 0 fully saturated rings. The molecule has 1 unspecified atom stereocenters. The average molecular weight is 304 g/mol. The van der Waals surface area contributed by atoms with Gasteiger partial charge in [0.1, 0.15) is 0 Å². The van der Waals surface area contributed by atoms with E-state index in [1.165, 1.54) is 0 Å². The maximum atomic E-state index is 12.2. The van der Waals surface area contributed by atoms with Crippen molar-refractivity contribution in [2.24, 2.45) is 5.92 Å². The molecule has 1 atom stereocenters. The maximum Gasteiger partial charge on any atom is 0.404 e. The molecule has 120 valence electrons. The third-order valence-corrected chi connectivity index (χ3v) is 2.15. The summed E-state index contributed by atoms with van der Waals surface area (Å²) in [6.45, 7) is 0.542. The smallest absolute Gasteiger partial charge is 0.404 e. The van der Waals surface area contributed by atoms with Gasteiger partial charge in [0.05, 0.1) is 46.2 Å². The van der Waals surface area contributed by atoms with Gasteiger partial charge in [-0.2, -0.15) is 13.2 Å². The highest BCUT2D eigenvalue weighted by molar-refractivity contribution is 5.71. The lowest BCUT2D eigenvalue weighted by atomic mass is 10.1. The molecule has 0 aliphatic rings. The summed E-state index contributed by atoms with van der Waals surface area (Å²) in [6, 6.07) is 0. The Morgan fingerprint density at radius 1 is 1.00 bits per heavy atom. The molecule has 0 amide bonds. The number of carboxylic acids is 1. The van der Waals surface area contributed by atoms with Crippen molar-refractivity contribution in [3.63, 3.8) is 0 Å². The largest absolute Gasteiger partial charge is 0.481 e. The van der Waals surface area contributed by atoms with Gasteiger partial charge in [-0.25, -0.2) is 0 Å². The fourth-order valence-corrected chi connectivity index (χ4v) is 1.09. The summed E-state index contributed by atoms with van der Waals surface area (Å²) in [4.78, 5) is 10.4. The van der Waals surface area contributed by atoms with E-state index in [0.29, 0.717) is 19.8 Å². The maximum absolute atomic E-state index is 12.2. The van der Waals surface area contributed by atoms with Crippen LogP contribution in [0.2, 0.25) is 0 Å².